The Hall–Kier alpha value is -3.07. The second-order valence-corrected chi connectivity index (χ2v) is 8.81. The molecule has 32 heavy (non-hydrogen) atoms. The number of nitrogens with zero attached hydrogens (tertiary/aromatic N) is 3. The number of fused-ring (bicyclic) bond motifs is 1. The Morgan fingerprint density at radius 1 is 1.19 bits per heavy atom. The molecule has 1 unspecified atom stereocenters. The van der Waals surface area contributed by atoms with E-state index in [0.717, 1.165) is 0 Å². The van der Waals surface area contributed by atoms with Crippen LogP contribution in [0.15, 0.2) is 53.7 Å². The first kappa shape index (κ1) is 22.1. The van der Waals surface area contributed by atoms with Crippen LogP contribution in [0.25, 0.3) is 0 Å². The molecule has 0 bridgehead atoms. The number of carbonyl (C=O) groups is 1. The van der Waals surface area contributed by atoms with Crippen LogP contribution in [0.2, 0.25) is 0 Å². The van der Waals surface area contributed by atoms with Crippen molar-refractivity contribution in [2.45, 2.75) is 44.0 Å². The second-order valence-electron chi connectivity index (χ2n) is 7.87. The number of hydrogen-bond donors (Lipinski definition) is 1. The van der Waals surface area contributed by atoms with E-state index in [0.29, 0.717) is 46.3 Å². The molecule has 0 spiro atoms. The molecular formula is C23H25FN4O3S. The van der Waals surface area contributed by atoms with Gasteiger partial charge in [0, 0.05) is 12.3 Å². The third-order valence-corrected chi connectivity index (χ3v) is 5.89. The predicted octanol–water partition coefficient (Wildman–Crippen LogP) is 3.82. The first-order chi connectivity index (χ1) is 15.5. The summed E-state index contributed by atoms with van der Waals surface area (Å²) in [4.78, 5) is 12.6. The Bertz CT molecular complexity index is 1090. The predicted molar refractivity (Wildman–Crippen MR) is 119 cm³/mol. The fraction of sp³-hybridized carbons (Fsp3) is 0.348. The molecule has 2 heterocycles. The number of carbonyl (C=O) groups excluding carboxylic acids is 1. The smallest absolute Gasteiger partial charge is 0.265 e. The lowest BCUT2D eigenvalue weighted by Gasteiger charge is -2.25. The normalized spacial score (nSPS) is 15.1. The van der Waals surface area contributed by atoms with E-state index in [-0.39, 0.29) is 24.9 Å². The average Bonchev–Trinajstić information content (AvgIpc) is 3.17. The largest absolute Gasteiger partial charge is 0.485 e. The highest BCUT2D eigenvalue weighted by Gasteiger charge is 2.27. The number of nitrogens with one attached hydrogen (secondary N) is 1. The Labute approximate surface area is 190 Å². The molecule has 3 aromatic rings. The van der Waals surface area contributed by atoms with Crippen molar-refractivity contribution in [1.82, 2.24) is 20.1 Å². The highest BCUT2D eigenvalue weighted by atomic mass is 32.2. The van der Waals surface area contributed by atoms with Crippen molar-refractivity contribution in [2.24, 2.45) is 5.92 Å². The van der Waals surface area contributed by atoms with E-state index in [9.17, 15) is 9.18 Å². The van der Waals surface area contributed by atoms with Crippen LogP contribution in [-0.4, -0.2) is 33.4 Å². The van der Waals surface area contributed by atoms with Crippen LogP contribution in [-0.2, 0) is 23.6 Å². The molecule has 4 rings (SSSR count). The molecular weight excluding hydrogens is 431 g/mol. The molecule has 0 saturated carbocycles. The Kier molecular flexibility index (Phi) is 6.94. The van der Waals surface area contributed by atoms with Crippen molar-refractivity contribution < 1.29 is 18.7 Å². The third kappa shape index (κ3) is 5.21. The first-order valence-electron chi connectivity index (χ1n) is 10.5. The molecule has 2 aromatic carbocycles. The van der Waals surface area contributed by atoms with Crippen LogP contribution in [0.5, 0.6) is 11.5 Å². The molecule has 168 valence electrons. The Balaban J connectivity index is 1.40. The van der Waals surface area contributed by atoms with Gasteiger partial charge in [0.15, 0.2) is 22.5 Å². The van der Waals surface area contributed by atoms with Gasteiger partial charge in [-0.1, -0.05) is 55.9 Å². The Morgan fingerprint density at radius 2 is 1.94 bits per heavy atom. The lowest BCUT2D eigenvalue weighted by atomic mass is 10.2. The molecule has 1 aromatic heterocycles. The Morgan fingerprint density at radius 3 is 2.72 bits per heavy atom. The van der Waals surface area contributed by atoms with E-state index < -0.39 is 6.10 Å². The molecule has 0 aliphatic carbocycles. The molecule has 9 heteroatoms. The topological polar surface area (TPSA) is 78.3 Å². The van der Waals surface area contributed by atoms with Gasteiger partial charge in [-0.2, -0.15) is 0 Å². The van der Waals surface area contributed by atoms with E-state index in [1.165, 1.54) is 17.8 Å². The number of halogens is 1. The van der Waals surface area contributed by atoms with Crippen molar-refractivity contribution in [1.29, 1.82) is 0 Å². The number of thioether (sulfide) groups is 1. The summed E-state index contributed by atoms with van der Waals surface area (Å²) in [5, 5.41) is 12.1. The summed E-state index contributed by atoms with van der Waals surface area (Å²) in [5.74, 6) is 2.10. The quantitative estimate of drug-likeness (QED) is 0.519. The number of hydrogen-bond acceptors (Lipinski definition) is 6. The van der Waals surface area contributed by atoms with Crippen LogP contribution in [0.4, 0.5) is 4.39 Å². The van der Waals surface area contributed by atoms with Crippen molar-refractivity contribution in [2.75, 3.05) is 6.61 Å². The van der Waals surface area contributed by atoms with Gasteiger partial charge in [-0.05, 0) is 29.7 Å². The summed E-state index contributed by atoms with van der Waals surface area (Å²) in [6, 6.07) is 14.0. The number of benzene rings is 2. The summed E-state index contributed by atoms with van der Waals surface area (Å²) in [5.41, 5.74) is 0.612. The minimum atomic E-state index is -0.735. The van der Waals surface area contributed by atoms with Crippen molar-refractivity contribution in [3.63, 3.8) is 0 Å². The zero-order valence-electron chi connectivity index (χ0n) is 18.0. The van der Waals surface area contributed by atoms with Crippen LogP contribution in [0.3, 0.4) is 0 Å². The minimum Gasteiger partial charge on any atom is -0.485 e. The molecule has 7 nitrogen and oxygen atoms in total. The third-order valence-electron chi connectivity index (χ3n) is 4.88. The van der Waals surface area contributed by atoms with E-state index in [2.05, 4.69) is 29.4 Å². The van der Waals surface area contributed by atoms with Crippen LogP contribution >= 0.6 is 11.8 Å². The molecule has 0 saturated heterocycles. The SMILES string of the molecule is CC(C)Cn1c(CNC(=O)C2COc3ccccc3O2)nnc1SCc1ccccc1F. The van der Waals surface area contributed by atoms with E-state index in [4.69, 9.17) is 9.47 Å². The fourth-order valence-electron chi connectivity index (χ4n) is 3.29. The zero-order chi connectivity index (χ0) is 22.5. The summed E-state index contributed by atoms with van der Waals surface area (Å²) in [6.45, 7) is 5.23. The van der Waals surface area contributed by atoms with Gasteiger partial charge in [-0.15, -0.1) is 10.2 Å². The summed E-state index contributed by atoms with van der Waals surface area (Å²) in [6.07, 6.45) is -0.735. The number of rotatable bonds is 8. The van der Waals surface area contributed by atoms with Gasteiger partial charge < -0.3 is 19.4 Å². The maximum atomic E-state index is 14.0. The molecule has 1 amide bonds. The van der Waals surface area contributed by atoms with Crippen molar-refractivity contribution >= 4 is 17.7 Å². The van der Waals surface area contributed by atoms with E-state index >= 15 is 0 Å². The van der Waals surface area contributed by atoms with Crippen LogP contribution in [0.1, 0.15) is 25.2 Å². The fourth-order valence-corrected chi connectivity index (χ4v) is 4.24. The number of amides is 1. The monoisotopic (exact) mass is 456 g/mol. The van der Waals surface area contributed by atoms with Gasteiger partial charge in [0.05, 0.1) is 6.54 Å². The first-order valence-corrected chi connectivity index (χ1v) is 11.4. The van der Waals surface area contributed by atoms with Crippen LogP contribution in [0, 0.1) is 11.7 Å². The lowest BCUT2D eigenvalue weighted by molar-refractivity contribution is -0.130. The van der Waals surface area contributed by atoms with Gasteiger partial charge >= 0.3 is 0 Å². The summed E-state index contributed by atoms with van der Waals surface area (Å²) in [7, 11) is 0. The van der Waals surface area contributed by atoms with Gasteiger partial charge in [0.25, 0.3) is 5.91 Å². The van der Waals surface area contributed by atoms with Gasteiger partial charge in [0.1, 0.15) is 12.4 Å². The number of para-hydroxylation sites is 2. The van der Waals surface area contributed by atoms with E-state index in [1.54, 1.807) is 24.3 Å². The molecule has 0 radical (unpaired) electrons. The number of ether oxygens (including phenoxy) is 2. The second kappa shape index (κ2) is 10.0. The highest BCUT2D eigenvalue weighted by Crippen LogP contribution is 2.31. The standard InChI is InChI=1S/C23H25FN4O3S/c1-15(2)12-28-21(26-27-23(28)32-14-16-7-3-4-8-17(16)24)11-25-22(29)20-13-30-18-9-5-6-10-19(18)31-20/h3-10,15,20H,11-14H2,1-2H3,(H,25,29). The maximum Gasteiger partial charge on any atom is 0.265 e. The maximum absolute atomic E-state index is 14.0. The van der Waals surface area contributed by atoms with Crippen LogP contribution < -0.4 is 14.8 Å². The summed E-state index contributed by atoms with van der Waals surface area (Å²) >= 11 is 1.42. The molecule has 1 atom stereocenters. The van der Waals surface area contributed by atoms with Crippen molar-refractivity contribution in [3.8, 4) is 11.5 Å². The van der Waals surface area contributed by atoms with Gasteiger partial charge in [0.2, 0.25) is 6.10 Å². The molecule has 0 fully saturated rings. The zero-order valence-corrected chi connectivity index (χ0v) is 18.8. The molecule has 1 N–H and O–H groups in total. The van der Waals surface area contributed by atoms with Gasteiger partial charge in [-0.3, -0.25) is 4.79 Å². The summed E-state index contributed by atoms with van der Waals surface area (Å²) < 4.78 is 27.3. The molecule has 1 aliphatic heterocycles. The van der Waals surface area contributed by atoms with Gasteiger partial charge in [-0.25, -0.2) is 4.39 Å². The van der Waals surface area contributed by atoms with Crippen molar-refractivity contribution in [3.05, 3.63) is 65.7 Å². The molecule has 1 aliphatic rings. The minimum absolute atomic E-state index is 0.144. The number of aromatic nitrogens is 3. The highest BCUT2D eigenvalue weighted by molar-refractivity contribution is 7.98. The average molecular weight is 457 g/mol. The lowest BCUT2D eigenvalue weighted by Crippen LogP contribution is -2.44. The van der Waals surface area contributed by atoms with E-state index in [1.807, 2.05) is 22.8 Å².